The highest BCUT2D eigenvalue weighted by Gasteiger charge is 2.16. The Morgan fingerprint density at radius 2 is 2.00 bits per heavy atom. The van der Waals surface area contributed by atoms with E-state index in [1.165, 1.54) is 12.1 Å². The molecule has 2 N–H and O–H groups in total. The highest BCUT2D eigenvalue weighted by Crippen LogP contribution is 2.19. The quantitative estimate of drug-likeness (QED) is 0.894. The number of anilines is 1. The highest BCUT2D eigenvalue weighted by molar-refractivity contribution is 6.30. The third kappa shape index (κ3) is 2.88. The van der Waals surface area contributed by atoms with Gasteiger partial charge >= 0.3 is 0 Å². The molecule has 1 heterocycles. The smallest absolute Gasteiger partial charge is 0.261 e. The maximum atomic E-state index is 13.6. The molecule has 2 rings (SSSR count). The molecule has 0 aliphatic rings. The molecule has 0 bridgehead atoms. The number of H-pyrrole nitrogens is 1. The molecule has 0 atom stereocenters. The highest BCUT2D eigenvalue weighted by atomic mass is 35.5. The molecule has 1 amide bonds. The summed E-state index contributed by atoms with van der Waals surface area (Å²) in [5.41, 5.74) is 0.609. The van der Waals surface area contributed by atoms with Crippen LogP contribution in [0.4, 0.5) is 10.1 Å². The van der Waals surface area contributed by atoms with E-state index >= 15 is 0 Å². The topological polar surface area (TPSA) is 62.0 Å². The van der Waals surface area contributed by atoms with Crippen LogP contribution in [0.1, 0.15) is 21.6 Å². The first-order valence-electron chi connectivity index (χ1n) is 5.85. The number of amides is 1. The molecule has 104 valence electrons. The van der Waals surface area contributed by atoms with E-state index in [1.54, 1.807) is 19.9 Å². The van der Waals surface area contributed by atoms with E-state index in [9.17, 15) is 14.0 Å². The molecule has 4 nitrogen and oxygen atoms in total. The van der Waals surface area contributed by atoms with Crippen LogP contribution in [0.5, 0.6) is 0 Å². The Kier molecular flexibility index (Phi) is 3.90. The Morgan fingerprint density at radius 3 is 2.60 bits per heavy atom. The molecule has 0 saturated heterocycles. The van der Waals surface area contributed by atoms with Crippen molar-refractivity contribution in [1.29, 1.82) is 0 Å². The number of carbonyl (C=O) groups excluding carboxylic acids is 1. The monoisotopic (exact) mass is 294 g/mol. The van der Waals surface area contributed by atoms with E-state index in [4.69, 9.17) is 11.6 Å². The van der Waals surface area contributed by atoms with Crippen molar-refractivity contribution in [3.05, 3.63) is 62.3 Å². The number of aryl methyl sites for hydroxylation is 2. The van der Waals surface area contributed by atoms with Crippen LogP contribution in [0.25, 0.3) is 0 Å². The minimum absolute atomic E-state index is 0.0289. The molecule has 0 spiro atoms. The van der Waals surface area contributed by atoms with Crippen molar-refractivity contribution in [3.63, 3.8) is 0 Å². The van der Waals surface area contributed by atoms with Gasteiger partial charge in [-0.1, -0.05) is 11.6 Å². The van der Waals surface area contributed by atoms with Crippen LogP contribution in [0, 0.1) is 19.7 Å². The molecule has 2 aromatic rings. The molecule has 20 heavy (non-hydrogen) atoms. The van der Waals surface area contributed by atoms with Crippen LogP contribution in [-0.2, 0) is 0 Å². The van der Waals surface area contributed by atoms with Crippen LogP contribution < -0.4 is 10.9 Å². The molecule has 0 fully saturated rings. The lowest BCUT2D eigenvalue weighted by molar-refractivity contribution is 0.102. The molecular weight excluding hydrogens is 283 g/mol. The third-order valence-corrected chi connectivity index (χ3v) is 3.01. The van der Waals surface area contributed by atoms with Gasteiger partial charge in [0.1, 0.15) is 11.4 Å². The van der Waals surface area contributed by atoms with Crippen molar-refractivity contribution in [2.75, 3.05) is 5.32 Å². The minimum atomic E-state index is -0.662. The van der Waals surface area contributed by atoms with Crippen molar-refractivity contribution in [3.8, 4) is 0 Å². The van der Waals surface area contributed by atoms with Crippen LogP contribution in [0.3, 0.4) is 0 Å². The number of pyridine rings is 1. The van der Waals surface area contributed by atoms with Gasteiger partial charge in [0.2, 0.25) is 0 Å². The molecule has 0 aliphatic carbocycles. The Balaban J connectivity index is 2.36. The molecule has 6 heteroatoms. The Morgan fingerprint density at radius 1 is 1.30 bits per heavy atom. The molecule has 0 saturated carbocycles. The third-order valence-electron chi connectivity index (χ3n) is 2.77. The summed E-state index contributed by atoms with van der Waals surface area (Å²) in [6.45, 7) is 3.37. The fraction of sp³-hybridized carbons (Fsp3) is 0.143. The number of hydrogen-bond donors (Lipinski definition) is 2. The SMILES string of the molecule is Cc1cc(C)c(C(=O)Nc2ccc(Cl)cc2F)c(=O)[nH]1. The Bertz CT molecular complexity index is 740. The zero-order valence-corrected chi connectivity index (χ0v) is 11.6. The lowest BCUT2D eigenvalue weighted by Gasteiger charge is -2.08. The predicted molar refractivity (Wildman–Crippen MR) is 75.9 cm³/mol. The summed E-state index contributed by atoms with van der Waals surface area (Å²) in [5, 5.41) is 2.59. The second-order valence-electron chi connectivity index (χ2n) is 4.42. The maximum absolute atomic E-state index is 13.6. The van der Waals surface area contributed by atoms with Gasteiger partial charge in [-0.15, -0.1) is 0 Å². The summed E-state index contributed by atoms with van der Waals surface area (Å²) in [4.78, 5) is 26.4. The van der Waals surface area contributed by atoms with E-state index in [2.05, 4.69) is 10.3 Å². The van der Waals surface area contributed by atoms with Gasteiger partial charge in [0.05, 0.1) is 5.69 Å². The number of hydrogen-bond acceptors (Lipinski definition) is 2. The Labute approximate surface area is 119 Å². The van der Waals surface area contributed by atoms with Crippen LogP contribution in [0.2, 0.25) is 5.02 Å². The van der Waals surface area contributed by atoms with E-state index in [1.807, 2.05) is 0 Å². The van der Waals surface area contributed by atoms with Crippen molar-refractivity contribution < 1.29 is 9.18 Å². The number of carbonyl (C=O) groups is 1. The average Bonchev–Trinajstić information content (AvgIpc) is 2.31. The minimum Gasteiger partial charge on any atom is -0.326 e. The average molecular weight is 295 g/mol. The van der Waals surface area contributed by atoms with E-state index < -0.39 is 17.3 Å². The van der Waals surface area contributed by atoms with Crippen LogP contribution in [0.15, 0.2) is 29.1 Å². The normalized spacial score (nSPS) is 10.4. The second kappa shape index (κ2) is 5.46. The van der Waals surface area contributed by atoms with Gasteiger partial charge in [0.25, 0.3) is 11.5 Å². The van der Waals surface area contributed by atoms with Crippen molar-refractivity contribution in [2.45, 2.75) is 13.8 Å². The lowest BCUT2D eigenvalue weighted by atomic mass is 10.1. The predicted octanol–water partition coefficient (Wildman–Crippen LogP) is 3.04. The summed E-state index contributed by atoms with van der Waals surface area (Å²) < 4.78 is 13.6. The number of aromatic amines is 1. The van der Waals surface area contributed by atoms with E-state index in [0.29, 0.717) is 11.3 Å². The number of rotatable bonds is 2. The number of halogens is 2. The first-order chi connectivity index (χ1) is 9.38. The molecule has 0 aliphatic heterocycles. The molecule has 0 unspecified atom stereocenters. The first-order valence-corrected chi connectivity index (χ1v) is 6.23. The second-order valence-corrected chi connectivity index (χ2v) is 4.85. The summed E-state index contributed by atoms with van der Waals surface area (Å²) in [7, 11) is 0. The van der Waals surface area contributed by atoms with Crippen molar-refractivity contribution >= 4 is 23.2 Å². The standard InChI is InChI=1S/C14H12ClFN2O2/c1-7-5-8(2)17-13(19)12(7)14(20)18-11-4-3-9(15)6-10(11)16/h3-6H,1-2H3,(H,17,19)(H,18,20). The zero-order valence-electron chi connectivity index (χ0n) is 10.9. The van der Waals surface area contributed by atoms with E-state index in [-0.39, 0.29) is 16.3 Å². The number of nitrogens with one attached hydrogen (secondary N) is 2. The van der Waals surface area contributed by atoms with Crippen LogP contribution >= 0.6 is 11.6 Å². The number of benzene rings is 1. The van der Waals surface area contributed by atoms with Gasteiger partial charge in [-0.3, -0.25) is 9.59 Å². The summed E-state index contributed by atoms with van der Waals surface area (Å²) in [6, 6.07) is 5.55. The van der Waals surface area contributed by atoms with Crippen molar-refractivity contribution in [2.24, 2.45) is 0 Å². The van der Waals surface area contributed by atoms with Gasteiger partial charge in [0, 0.05) is 10.7 Å². The van der Waals surface area contributed by atoms with Gasteiger partial charge in [0.15, 0.2) is 0 Å². The first kappa shape index (κ1) is 14.3. The molecule has 1 aromatic carbocycles. The zero-order chi connectivity index (χ0) is 14.9. The summed E-state index contributed by atoms with van der Waals surface area (Å²) in [6.07, 6.45) is 0. The lowest BCUT2D eigenvalue weighted by Crippen LogP contribution is -2.25. The van der Waals surface area contributed by atoms with Gasteiger partial charge < -0.3 is 10.3 Å². The molecular formula is C14H12ClFN2O2. The summed E-state index contributed by atoms with van der Waals surface area (Å²) >= 11 is 5.63. The summed E-state index contributed by atoms with van der Waals surface area (Å²) in [5.74, 6) is -1.32. The van der Waals surface area contributed by atoms with E-state index in [0.717, 1.165) is 6.07 Å². The maximum Gasteiger partial charge on any atom is 0.261 e. The molecule has 0 radical (unpaired) electrons. The van der Waals surface area contributed by atoms with Gasteiger partial charge in [-0.2, -0.15) is 0 Å². The molecule has 1 aromatic heterocycles. The van der Waals surface area contributed by atoms with Gasteiger partial charge in [-0.05, 0) is 43.7 Å². The number of aromatic nitrogens is 1. The fourth-order valence-electron chi connectivity index (χ4n) is 1.91. The Hall–Kier alpha value is -2.14. The van der Waals surface area contributed by atoms with Crippen LogP contribution in [-0.4, -0.2) is 10.9 Å². The fourth-order valence-corrected chi connectivity index (χ4v) is 2.07. The van der Waals surface area contributed by atoms with Crippen molar-refractivity contribution in [1.82, 2.24) is 4.98 Å². The largest absolute Gasteiger partial charge is 0.326 e. The van der Waals surface area contributed by atoms with Gasteiger partial charge in [-0.25, -0.2) is 4.39 Å².